The van der Waals surface area contributed by atoms with E-state index < -0.39 is 6.04 Å². The third-order valence-electron chi connectivity index (χ3n) is 5.12. The average Bonchev–Trinajstić information content (AvgIpc) is 3.53. The number of carbonyl (C=O) groups excluding carboxylic acids is 2. The maximum absolute atomic E-state index is 12.8. The first kappa shape index (κ1) is 20.6. The molecule has 1 aliphatic rings. The van der Waals surface area contributed by atoms with Crippen molar-refractivity contribution in [3.8, 4) is 15.6 Å². The summed E-state index contributed by atoms with van der Waals surface area (Å²) < 4.78 is 5.16. The van der Waals surface area contributed by atoms with Gasteiger partial charge in [-0.3, -0.25) is 9.59 Å². The number of thiazole rings is 1. The second-order valence-electron chi connectivity index (χ2n) is 7.11. The molecule has 1 saturated heterocycles. The van der Waals surface area contributed by atoms with Crippen LogP contribution in [0.3, 0.4) is 0 Å². The summed E-state index contributed by atoms with van der Waals surface area (Å²) in [5, 5.41) is 7.92. The van der Waals surface area contributed by atoms with Crippen molar-refractivity contribution in [1.82, 2.24) is 15.2 Å². The molecule has 0 bridgehead atoms. The van der Waals surface area contributed by atoms with Gasteiger partial charge in [-0.1, -0.05) is 18.2 Å². The first-order valence-electron chi connectivity index (χ1n) is 9.82. The lowest BCUT2D eigenvalue weighted by molar-refractivity contribution is -0.138. The predicted molar refractivity (Wildman–Crippen MR) is 119 cm³/mol. The second-order valence-corrected chi connectivity index (χ2v) is 8.91. The number of methoxy groups -OCH3 is 1. The van der Waals surface area contributed by atoms with Crippen LogP contribution in [0, 0.1) is 0 Å². The van der Waals surface area contributed by atoms with E-state index in [0.717, 1.165) is 33.3 Å². The van der Waals surface area contributed by atoms with Gasteiger partial charge < -0.3 is 15.0 Å². The van der Waals surface area contributed by atoms with Gasteiger partial charge in [0.25, 0.3) is 0 Å². The fraction of sp³-hybridized carbons (Fsp3) is 0.318. The van der Waals surface area contributed by atoms with E-state index in [1.807, 2.05) is 47.2 Å². The number of likely N-dealkylation sites (tertiary alicyclic amines) is 1. The molecular weight excluding hydrogens is 418 g/mol. The molecule has 6 nitrogen and oxygen atoms in total. The topological polar surface area (TPSA) is 71.5 Å². The number of thiophene rings is 1. The van der Waals surface area contributed by atoms with E-state index in [1.165, 1.54) is 0 Å². The zero-order chi connectivity index (χ0) is 20.9. The number of ether oxygens (including phenoxy) is 1. The number of carbonyl (C=O) groups is 2. The van der Waals surface area contributed by atoms with E-state index in [1.54, 1.807) is 34.7 Å². The third kappa shape index (κ3) is 4.71. The van der Waals surface area contributed by atoms with Crippen molar-refractivity contribution in [1.29, 1.82) is 0 Å². The number of nitrogens with zero attached hydrogens (tertiary/aromatic N) is 2. The Balaban J connectivity index is 1.33. The molecule has 1 aromatic carbocycles. The van der Waals surface area contributed by atoms with Crippen LogP contribution in [0.15, 0.2) is 47.2 Å². The van der Waals surface area contributed by atoms with Crippen LogP contribution in [-0.4, -0.2) is 41.4 Å². The van der Waals surface area contributed by atoms with Crippen LogP contribution >= 0.6 is 22.7 Å². The maximum Gasteiger partial charge on any atom is 0.243 e. The first-order chi connectivity index (χ1) is 14.6. The summed E-state index contributed by atoms with van der Waals surface area (Å²) in [6.45, 7) is 0.990. The first-order valence-corrected chi connectivity index (χ1v) is 11.6. The normalized spacial score (nSPS) is 15.9. The minimum Gasteiger partial charge on any atom is -0.497 e. The van der Waals surface area contributed by atoms with E-state index in [2.05, 4.69) is 10.3 Å². The van der Waals surface area contributed by atoms with Gasteiger partial charge in [-0.2, -0.15) is 0 Å². The molecule has 1 unspecified atom stereocenters. The van der Waals surface area contributed by atoms with Crippen molar-refractivity contribution in [2.45, 2.75) is 31.8 Å². The lowest BCUT2D eigenvalue weighted by Gasteiger charge is -2.24. The molecule has 8 heteroatoms. The molecule has 30 heavy (non-hydrogen) atoms. The third-order valence-corrected chi connectivity index (χ3v) is 7.05. The van der Waals surface area contributed by atoms with Crippen molar-refractivity contribution >= 4 is 34.5 Å². The van der Waals surface area contributed by atoms with Gasteiger partial charge in [-0.25, -0.2) is 4.98 Å². The molecule has 4 rings (SSSR count). The standard InChI is InChI=1S/C22H23N3O3S2/c1-28-17-8-6-15(7-9-17)12-20(26)25-10-2-4-18(25)21(27)23-13-16-14-30-22(24-16)19-5-3-11-29-19/h3,5-9,11,14,18H,2,4,10,12-13H2,1H3,(H,23,27). The molecule has 3 heterocycles. The SMILES string of the molecule is COc1ccc(CC(=O)N2CCCC2C(=O)NCc2csc(-c3cccs3)n2)cc1. The number of hydrogen-bond donors (Lipinski definition) is 1. The zero-order valence-electron chi connectivity index (χ0n) is 16.7. The van der Waals surface area contributed by atoms with Gasteiger partial charge in [-0.05, 0) is 42.0 Å². The number of hydrogen-bond acceptors (Lipinski definition) is 6. The van der Waals surface area contributed by atoms with Crippen LogP contribution in [0.2, 0.25) is 0 Å². The summed E-state index contributed by atoms with van der Waals surface area (Å²) in [6, 6.07) is 11.1. The Morgan fingerprint density at radius 3 is 2.80 bits per heavy atom. The Morgan fingerprint density at radius 2 is 2.07 bits per heavy atom. The number of benzene rings is 1. The van der Waals surface area contributed by atoms with Crippen molar-refractivity contribution in [3.05, 3.63) is 58.4 Å². The Bertz CT molecular complexity index is 999. The lowest BCUT2D eigenvalue weighted by atomic mass is 10.1. The van der Waals surface area contributed by atoms with Crippen LogP contribution in [0.25, 0.3) is 9.88 Å². The van der Waals surface area contributed by atoms with Crippen LogP contribution in [-0.2, 0) is 22.6 Å². The van der Waals surface area contributed by atoms with Gasteiger partial charge in [0.1, 0.15) is 16.8 Å². The number of aromatic nitrogens is 1. The Morgan fingerprint density at radius 1 is 1.23 bits per heavy atom. The highest BCUT2D eigenvalue weighted by Gasteiger charge is 2.33. The highest BCUT2D eigenvalue weighted by Crippen LogP contribution is 2.28. The fourth-order valence-electron chi connectivity index (χ4n) is 3.55. The van der Waals surface area contributed by atoms with Crippen LogP contribution < -0.4 is 10.1 Å². The van der Waals surface area contributed by atoms with E-state index in [4.69, 9.17) is 4.74 Å². The van der Waals surface area contributed by atoms with Gasteiger partial charge in [0.2, 0.25) is 11.8 Å². The number of amides is 2. The van der Waals surface area contributed by atoms with Gasteiger partial charge in [0.15, 0.2) is 0 Å². The van der Waals surface area contributed by atoms with Crippen LogP contribution in [0.5, 0.6) is 5.75 Å². The monoisotopic (exact) mass is 441 g/mol. The molecule has 0 aliphatic carbocycles. The van der Waals surface area contributed by atoms with Gasteiger partial charge >= 0.3 is 0 Å². The summed E-state index contributed by atoms with van der Waals surface area (Å²) >= 11 is 3.22. The molecule has 156 valence electrons. The number of nitrogens with one attached hydrogen (secondary N) is 1. The maximum atomic E-state index is 12.8. The van der Waals surface area contributed by atoms with Crippen molar-refractivity contribution < 1.29 is 14.3 Å². The fourth-order valence-corrected chi connectivity index (χ4v) is 5.19. The van der Waals surface area contributed by atoms with Crippen LogP contribution in [0.4, 0.5) is 0 Å². The predicted octanol–water partition coefficient (Wildman–Crippen LogP) is 3.73. The summed E-state index contributed by atoms with van der Waals surface area (Å²) in [5.74, 6) is 0.626. The summed E-state index contributed by atoms with van der Waals surface area (Å²) in [5.41, 5.74) is 1.75. The molecule has 0 spiro atoms. The molecule has 2 aromatic heterocycles. The largest absolute Gasteiger partial charge is 0.497 e. The van der Waals surface area contributed by atoms with E-state index in [0.29, 0.717) is 19.5 Å². The quantitative estimate of drug-likeness (QED) is 0.606. The van der Waals surface area contributed by atoms with Crippen molar-refractivity contribution in [2.75, 3.05) is 13.7 Å². The van der Waals surface area contributed by atoms with E-state index >= 15 is 0 Å². The zero-order valence-corrected chi connectivity index (χ0v) is 18.3. The summed E-state index contributed by atoms with van der Waals surface area (Å²) in [6.07, 6.45) is 1.81. The highest BCUT2D eigenvalue weighted by molar-refractivity contribution is 7.20. The van der Waals surface area contributed by atoms with E-state index in [-0.39, 0.29) is 18.2 Å². The molecule has 0 radical (unpaired) electrons. The minimum atomic E-state index is -0.411. The molecule has 1 fully saturated rings. The number of rotatable bonds is 7. The Labute approximate surface area is 183 Å². The lowest BCUT2D eigenvalue weighted by Crippen LogP contribution is -2.46. The molecule has 2 amide bonds. The highest BCUT2D eigenvalue weighted by atomic mass is 32.1. The molecule has 1 atom stereocenters. The van der Waals surface area contributed by atoms with Crippen LogP contribution in [0.1, 0.15) is 24.1 Å². The summed E-state index contributed by atoms with van der Waals surface area (Å²) in [4.78, 5) is 33.0. The Kier molecular flexibility index (Phi) is 6.44. The summed E-state index contributed by atoms with van der Waals surface area (Å²) in [7, 11) is 1.61. The van der Waals surface area contributed by atoms with Crippen molar-refractivity contribution in [3.63, 3.8) is 0 Å². The molecule has 1 aliphatic heterocycles. The molecular formula is C22H23N3O3S2. The van der Waals surface area contributed by atoms with E-state index in [9.17, 15) is 9.59 Å². The molecule has 0 saturated carbocycles. The molecule has 3 aromatic rings. The van der Waals surface area contributed by atoms with Gasteiger partial charge in [0, 0.05) is 11.9 Å². The van der Waals surface area contributed by atoms with Gasteiger partial charge in [0.05, 0.1) is 30.6 Å². The minimum absolute atomic E-state index is 0.0218. The Hall–Kier alpha value is -2.71. The smallest absolute Gasteiger partial charge is 0.243 e. The molecule has 1 N–H and O–H groups in total. The second kappa shape index (κ2) is 9.40. The van der Waals surface area contributed by atoms with Crippen molar-refractivity contribution in [2.24, 2.45) is 0 Å². The van der Waals surface area contributed by atoms with Gasteiger partial charge in [-0.15, -0.1) is 22.7 Å². The average molecular weight is 442 g/mol.